The third-order valence-electron chi connectivity index (χ3n) is 3.99. The van der Waals surface area contributed by atoms with Crippen LogP contribution in [0.1, 0.15) is 46.0 Å². The van der Waals surface area contributed by atoms with Crippen molar-refractivity contribution in [2.45, 2.75) is 52.1 Å². The zero-order valence-corrected chi connectivity index (χ0v) is 11.7. The highest BCUT2D eigenvalue weighted by Crippen LogP contribution is 2.35. The average molecular weight is 253 g/mol. The molecule has 1 rings (SSSR count). The highest BCUT2D eigenvalue weighted by molar-refractivity contribution is 5.86. The normalized spacial score (nSPS) is 27.4. The molecule has 0 aliphatic heterocycles. The largest absolute Gasteiger partial charge is 0.393 e. The third-order valence-corrected chi connectivity index (χ3v) is 3.99. The molecule has 2 N–H and O–H groups in total. The van der Waals surface area contributed by atoms with Gasteiger partial charge in [0.25, 0.3) is 0 Å². The Kier molecular flexibility index (Phi) is 6.41. The number of amides is 1. The van der Waals surface area contributed by atoms with Gasteiger partial charge in [-0.1, -0.05) is 39.7 Å². The maximum absolute atomic E-state index is 11.2. The minimum absolute atomic E-state index is 0.143. The lowest BCUT2D eigenvalue weighted by molar-refractivity contribution is -0.116. The zero-order valence-electron chi connectivity index (χ0n) is 11.7. The Morgan fingerprint density at radius 1 is 1.50 bits per heavy atom. The molecule has 1 amide bonds. The Hall–Kier alpha value is -0.830. The molecule has 1 saturated carbocycles. The van der Waals surface area contributed by atoms with Crippen molar-refractivity contribution in [3.63, 3.8) is 0 Å². The van der Waals surface area contributed by atoms with E-state index in [0.717, 1.165) is 18.8 Å². The van der Waals surface area contributed by atoms with Crippen molar-refractivity contribution in [2.75, 3.05) is 6.54 Å². The lowest BCUT2D eigenvalue weighted by Gasteiger charge is -2.22. The second-order valence-electron chi connectivity index (χ2n) is 5.84. The summed E-state index contributed by atoms with van der Waals surface area (Å²) in [5.41, 5.74) is 0. The molecule has 0 bridgehead atoms. The summed E-state index contributed by atoms with van der Waals surface area (Å²) < 4.78 is 0. The van der Waals surface area contributed by atoms with E-state index in [1.165, 1.54) is 25.3 Å². The Bertz CT molecular complexity index is 276. The van der Waals surface area contributed by atoms with Gasteiger partial charge in [-0.25, -0.2) is 0 Å². The summed E-state index contributed by atoms with van der Waals surface area (Å²) in [5, 5.41) is 12.8. The van der Waals surface area contributed by atoms with Crippen molar-refractivity contribution >= 4 is 5.91 Å². The molecule has 0 saturated heterocycles. The second-order valence-corrected chi connectivity index (χ2v) is 5.84. The summed E-state index contributed by atoms with van der Waals surface area (Å²) in [4.78, 5) is 11.2. The van der Waals surface area contributed by atoms with Crippen LogP contribution in [0.25, 0.3) is 0 Å². The molecule has 18 heavy (non-hydrogen) atoms. The lowest BCUT2D eigenvalue weighted by Crippen LogP contribution is -2.34. The zero-order chi connectivity index (χ0) is 13.5. The third kappa shape index (κ3) is 4.81. The summed E-state index contributed by atoms with van der Waals surface area (Å²) in [5.74, 6) is 1.38. The molecule has 1 fully saturated rings. The van der Waals surface area contributed by atoms with Crippen LogP contribution in [0.5, 0.6) is 0 Å². The van der Waals surface area contributed by atoms with E-state index < -0.39 is 0 Å². The molecule has 104 valence electrons. The van der Waals surface area contributed by atoms with Gasteiger partial charge in [-0.3, -0.25) is 4.79 Å². The van der Waals surface area contributed by atoms with Gasteiger partial charge in [0.15, 0.2) is 0 Å². The highest BCUT2D eigenvalue weighted by atomic mass is 16.3. The van der Waals surface area contributed by atoms with Crippen molar-refractivity contribution in [1.29, 1.82) is 0 Å². The second kappa shape index (κ2) is 7.57. The Morgan fingerprint density at radius 3 is 2.83 bits per heavy atom. The molecule has 1 aliphatic rings. The van der Waals surface area contributed by atoms with Gasteiger partial charge in [0, 0.05) is 12.5 Å². The first-order valence-electron chi connectivity index (χ1n) is 7.13. The van der Waals surface area contributed by atoms with Crippen LogP contribution >= 0.6 is 0 Å². The Labute approximate surface area is 111 Å². The summed E-state index contributed by atoms with van der Waals surface area (Å²) in [6, 6.07) is 0. The van der Waals surface area contributed by atoms with Gasteiger partial charge in [-0.05, 0) is 30.8 Å². The first-order valence-corrected chi connectivity index (χ1v) is 7.13. The molecule has 3 nitrogen and oxygen atoms in total. The first-order chi connectivity index (χ1) is 8.54. The minimum Gasteiger partial charge on any atom is -0.393 e. The number of hydrogen-bond donors (Lipinski definition) is 2. The van der Waals surface area contributed by atoms with Crippen LogP contribution in [0.2, 0.25) is 0 Å². The molecular formula is C15H27NO2. The number of nitrogens with one attached hydrogen (secondary N) is 1. The lowest BCUT2D eigenvalue weighted by atomic mass is 9.89. The topological polar surface area (TPSA) is 49.3 Å². The molecular weight excluding hydrogens is 226 g/mol. The summed E-state index contributed by atoms with van der Waals surface area (Å²) >= 11 is 0. The predicted octanol–water partition coefficient (Wildman–Crippen LogP) is 2.50. The van der Waals surface area contributed by atoms with Crippen LogP contribution in [-0.4, -0.2) is 23.7 Å². The fraction of sp³-hybridized carbons (Fsp3) is 0.800. The molecule has 0 aromatic carbocycles. The maximum Gasteiger partial charge on any atom is 0.243 e. The highest BCUT2D eigenvalue weighted by Gasteiger charge is 2.34. The van der Waals surface area contributed by atoms with Crippen LogP contribution in [0, 0.1) is 17.8 Å². The molecule has 0 spiro atoms. The predicted molar refractivity (Wildman–Crippen MR) is 74.1 cm³/mol. The van der Waals surface area contributed by atoms with E-state index in [9.17, 15) is 9.90 Å². The number of carbonyl (C=O) groups is 1. The van der Waals surface area contributed by atoms with Crippen LogP contribution < -0.4 is 5.32 Å². The quantitative estimate of drug-likeness (QED) is 0.685. The van der Waals surface area contributed by atoms with Crippen LogP contribution in [0.3, 0.4) is 0 Å². The van der Waals surface area contributed by atoms with Gasteiger partial charge in [0.05, 0.1) is 6.10 Å². The van der Waals surface area contributed by atoms with E-state index in [1.807, 2.05) is 0 Å². The molecule has 0 heterocycles. The molecule has 0 aromatic heterocycles. The van der Waals surface area contributed by atoms with Crippen molar-refractivity contribution < 1.29 is 9.90 Å². The molecule has 0 aromatic rings. The minimum atomic E-state index is -0.251. The summed E-state index contributed by atoms with van der Waals surface area (Å²) in [7, 11) is 0. The van der Waals surface area contributed by atoms with E-state index in [4.69, 9.17) is 0 Å². The number of aliphatic hydroxyl groups is 1. The fourth-order valence-electron chi connectivity index (χ4n) is 2.87. The van der Waals surface area contributed by atoms with Gasteiger partial charge in [0.2, 0.25) is 5.91 Å². The van der Waals surface area contributed by atoms with Crippen molar-refractivity contribution in [2.24, 2.45) is 17.8 Å². The number of carbonyl (C=O) groups excluding carboxylic acids is 1. The van der Waals surface area contributed by atoms with Crippen molar-refractivity contribution in [3.05, 3.63) is 12.7 Å². The van der Waals surface area contributed by atoms with Crippen molar-refractivity contribution in [1.82, 2.24) is 5.32 Å². The van der Waals surface area contributed by atoms with Gasteiger partial charge < -0.3 is 10.4 Å². The fourth-order valence-corrected chi connectivity index (χ4v) is 2.87. The SMILES string of the molecule is C=CC(=O)NCC1C(O)CCC1CCCC(C)C. The van der Waals surface area contributed by atoms with Gasteiger partial charge >= 0.3 is 0 Å². The van der Waals surface area contributed by atoms with E-state index in [1.54, 1.807) is 0 Å². The molecule has 3 unspecified atom stereocenters. The molecule has 0 radical (unpaired) electrons. The number of rotatable bonds is 7. The smallest absolute Gasteiger partial charge is 0.243 e. The van der Waals surface area contributed by atoms with Crippen molar-refractivity contribution in [3.8, 4) is 0 Å². The van der Waals surface area contributed by atoms with Crippen LogP contribution in [0.15, 0.2) is 12.7 Å². The monoisotopic (exact) mass is 253 g/mol. The van der Waals surface area contributed by atoms with E-state index >= 15 is 0 Å². The standard InChI is InChI=1S/C15H27NO2/c1-4-15(18)16-10-13-12(8-9-14(13)17)7-5-6-11(2)3/h4,11-14,17H,1,5-10H2,2-3H3,(H,16,18). The van der Waals surface area contributed by atoms with Crippen LogP contribution in [0.4, 0.5) is 0 Å². The summed E-state index contributed by atoms with van der Waals surface area (Å²) in [6.45, 7) is 8.50. The molecule has 3 heteroatoms. The van der Waals surface area contributed by atoms with E-state index in [-0.39, 0.29) is 17.9 Å². The van der Waals surface area contributed by atoms with Crippen LogP contribution in [-0.2, 0) is 4.79 Å². The first kappa shape index (κ1) is 15.2. The van der Waals surface area contributed by atoms with Gasteiger partial charge in [0.1, 0.15) is 0 Å². The van der Waals surface area contributed by atoms with Gasteiger partial charge in [-0.15, -0.1) is 0 Å². The molecule has 1 aliphatic carbocycles. The Balaban J connectivity index is 2.36. The number of aliphatic hydroxyl groups excluding tert-OH is 1. The summed E-state index contributed by atoms with van der Waals surface area (Å²) in [6.07, 6.45) is 6.65. The van der Waals surface area contributed by atoms with Gasteiger partial charge in [-0.2, -0.15) is 0 Å². The maximum atomic E-state index is 11.2. The molecule has 3 atom stereocenters. The van der Waals surface area contributed by atoms with E-state index in [0.29, 0.717) is 12.5 Å². The number of hydrogen-bond acceptors (Lipinski definition) is 2. The Morgan fingerprint density at radius 2 is 2.22 bits per heavy atom. The van der Waals surface area contributed by atoms with E-state index in [2.05, 4.69) is 25.7 Å². The average Bonchev–Trinajstić information content (AvgIpc) is 2.67.